The maximum Gasteiger partial charge on any atom is 0.237 e. The molecule has 0 bridgehead atoms. The molecule has 2 rings (SSSR count). The van der Waals surface area contributed by atoms with E-state index >= 15 is 0 Å². The first-order valence-electron chi connectivity index (χ1n) is 7.46. The summed E-state index contributed by atoms with van der Waals surface area (Å²) in [5.74, 6) is -0.147. The van der Waals surface area contributed by atoms with E-state index in [1.54, 1.807) is 19.2 Å². The number of benzene rings is 1. The number of hydrogen-bond donors (Lipinski definition) is 2. The number of nitrogens with one attached hydrogen (secondary N) is 2. The Balaban J connectivity index is 1.94. The van der Waals surface area contributed by atoms with Gasteiger partial charge < -0.3 is 10.6 Å². The number of likely N-dealkylation sites (N-methyl/N-ethyl adjacent to an activating group) is 1. The van der Waals surface area contributed by atoms with E-state index in [0.717, 1.165) is 18.5 Å². The summed E-state index contributed by atoms with van der Waals surface area (Å²) in [5, 5.41) is 6.17. The number of amides is 1. The van der Waals surface area contributed by atoms with Crippen LogP contribution in [0, 0.1) is 5.82 Å². The van der Waals surface area contributed by atoms with E-state index in [0.29, 0.717) is 12.6 Å². The molecule has 1 aromatic rings. The molecule has 0 unspecified atom stereocenters. The smallest absolute Gasteiger partial charge is 0.237 e. The number of carbonyl (C=O) groups is 1. The fourth-order valence-corrected chi connectivity index (χ4v) is 2.91. The van der Waals surface area contributed by atoms with Crippen LogP contribution in [0.5, 0.6) is 0 Å². The minimum atomic E-state index is -0.215. The van der Waals surface area contributed by atoms with Crippen molar-refractivity contribution in [1.29, 1.82) is 0 Å². The van der Waals surface area contributed by atoms with Crippen LogP contribution in [0.25, 0.3) is 0 Å². The molecule has 4 nitrogen and oxygen atoms in total. The molecule has 1 saturated heterocycles. The molecule has 2 N–H and O–H groups in total. The highest BCUT2D eigenvalue weighted by molar-refractivity contribution is 5.81. The van der Waals surface area contributed by atoms with Crippen molar-refractivity contribution in [2.45, 2.75) is 44.9 Å². The maximum atomic E-state index is 13.2. The van der Waals surface area contributed by atoms with Gasteiger partial charge in [-0.05, 0) is 38.0 Å². The van der Waals surface area contributed by atoms with Crippen LogP contribution in [-0.2, 0) is 11.3 Å². The van der Waals surface area contributed by atoms with Gasteiger partial charge in [0.15, 0.2) is 0 Å². The molecular formula is C16H24FN3O. The molecular weight excluding hydrogens is 269 g/mol. The number of rotatable bonds is 5. The third-order valence-corrected chi connectivity index (χ3v) is 4.04. The third-order valence-electron chi connectivity index (χ3n) is 4.04. The molecule has 0 spiro atoms. The van der Waals surface area contributed by atoms with Crippen LogP contribution in [-0.4, -0.2) is 42.5 Å². The zero-order chi connectivity index (χ0) is 15.4. The van der Waals surface area contributed by atoms with Crippen molar-refractivity contribution in [3.63, 3.8) is 0 Å². The monoisotopic (exact) mass is 293 g/mol. The molecule has 116 valence electrons. The van der Waals surface area contributed by atoms with Crippen molar-refractivity contribution in [3.8, 4) is 0 Å². The Hall–Kier alpha value is -1.46. The van der Waals surface area contributed by atoms with Crippen molar-refractivity contribution in [3.05, 3.63) is 35.6 Å². The summed E-state index contributed by atoms with van der Waals surface area (Å²) < 4.78 is 13.2. The molecule has 1 aliphatic rings. The summed E-state index contributed by atoms with van der Waals surface area (Å²) in [5.41, 5.74) is 0.925. The van der Waals surface area contributed by atoms with Crippen LogP contribution in [0.2, 0.25) is 0 Å². The zero-order valence-corrected chi connectivity index (χ0v) is 12.9. The number of nitrogens with zero attached hydrogens (tertiary/aromatic N) is 1. The quantitative estimate of drug-likeness (QED) is 0.865. The van der Waals surface area contributed by atoms with E-state index in [-0.39, 0.29) is 23.8 Å². The first-order valence-corrected chi connectivity index (χ1v) is 7.46. The Bertz CT molecular complexity index is 492. The number of carbonyl (C=O) groups excluding carboxylic acids is 1. The fourth-order valence-electron chi connectivity index (χ4n) is 2.91. The standard InChI is InChI=1S/C16H24FN3O/c1-11(2)20-10-14(8-15(20)16(21)18-3)19-9-12-5-4-6-13(17)7-12/h4-7,11,14-15,19H,8-10H2,1-3H3,(H,18,21)/t14-,15-/m0/s1. The largest absolute Gasteiger partial charge is 0.358 e. The first-order chi connectivity index (χ1) is 10.0. The number of likely N-dealkylation sites (tertiary alicyclic amines) is 1. The van der Waals surface area contributed by atoms with E-state index in [1.165, 1.54) is 6.07 Å². The summed E-state index contributed by atoms with van der Waals surface area (Å²) in [6, 6.07) is 7.10. The van der Waals surface area contributed by atoms with Crippen molar-refractivity contribution >= 4 is 5.91 Å². The molecule has 1 aromatic carbocycles. The topological polar surface area (TPSA) is 44.4 Å². The van der Waals surface area contributed by atoms with Crippen LogP contribution in [0.1, 0.15) is 25.8 Å². The predicted molar refractivity (Wildman–Crippen MR) is 81.3 cm³/mol. The van der Waals surface area contributed by atoms with Gasteiger partial charge in [-0.25, -0.2) is 4.39 Å². The Morgan fingerprint density at radius 1 is 1.48 bits per heavy atom. The Labute approximate surface area is 125 Å². The van der Waals surface area contributed by atoms with Gasteiger partial charge in [0.1, 0.15) is 5.82 Å². The lowest BCUT2D eigenvalue weighted by Gasteiger charge is -2.26. The molecule has 1 fully saturated rings. The average molecular weight is 293 g/mol. The van der Waals surface area contributed by atoms with Gasteiger partial charge in [0.05, 0.1) is 6.04 Å². The summed E-state index contributed by atoms with van der Waals surface area (Å²) >= 11 is 0. The van der Waals surface area contributed by atoms with Crippen LogP contribution >= 0.6 is 0 Å². The molecule has 1 heterocycles. The van der Waals surface area contributed by atoms with Crippen LogP contribution in [0.4, 0.5) is 4.39 Å². The SMILES string of the molecule is CNC(=O)[C@@H]1C[C@H](NCc2cccc(F)c2)CN1C(C)C. The molecule has 2 atom stereocenters. The summed E-state index contributed by atoms with van der Waals surface area (Å²) in [7, 11) is 1.67. The second kappa shape index (κ2) is 7.00. The zero-order valence-electron chi connectivity index (χ0n) is 12.9. The molecule has 0 saturated carbocycles. The molecule has 0 radical (unpaired) electrons. The van der Waals surface area contributed by atoms with Crippen LogP contribution in [0.3, 0.4) is 0 Å². The molecule has 21 heavy (non-hydrogen) atoms. The number of hydrogen-bond acceptors (Lipinski definition) is 3. The van der Waals surface area contributed by atoms with Gasteiger partial charge >= 0.3 is 0 Å². The van der Waals surface area contributed by atoms with E-state index in [9.17, 15) is 9.18 Å². The minimum Gasteiger partial charge on any atom is -0.358 e. The molecule has 5 heteroatoms. The van der Waals surface area contributed by atoms with Gasteiger partial charge in [-0.3, -0.25) is 9.69 Å². The molecule has 1 amide bonds. The Morgan fingerprint density at radius 3 is 2.86 bits per heavy atom. The highest BCUT2D eigenvalue weighted by Gasteiger charge is 2.37. The third kappa shape index (κ3) is 4.02. The van der Waals surface area contributed by atoms with Crippen molar-refractivity contribution in [2.24, 2.45) is 0 Å². The highest BCUT2D eigenvalue weighted by Crippen LogP contribution is 2.21. The average Bonchev–Trinajstić information content (AvgIpc) is 2.89. The normalized spacial score (nSPS) is 22.7. The van der Waals surface area contributed by atoms with Crippen molar-refractivity contribution in [2.75, 3.05) is 13.6 Å². The van der Waals surface area contributed by atoms with Crippen LogP contribution < -0.4 is 10.6 Å². The lowest BCUT2D eigenvalue weighted by atomic mass is 10.1. The predicted octanol–water partition coefficient (Wildman–Crippen LogP) is 1.51. The highest BCUT2D eigenvalue weighted by atomic mass is 19.1. The van der Waals surface area contributed by atoms with E-state index < -0.39 is 0 Å². The van der Waals surface area contributed by atoms with Crippen LogP contribution in [0.15, 0.2) is 24.3 Å². The molecule has 0 aliphatic carbocycles. The fraction of sp³-hybridized carbons (Fsp3) is 0.562. The van der Waals surface area contributed by atoms with Gasteiger partial charge in [0, 0.05) is 32.2 Å². The molecule has 1 aliphatic heterocycles. The minimum absolute atomic E-state index is 0.0683. The van der Waals surface area contributed by atoms with Gasteiger partial charge in [0.25, 0.3) is 0 Å². The lowest BCUT2D eigenvalue weighted by molar-refractivity contribution is -0.125. The van der Waals surface area contributed by atoms with Gasteiger partial charge in [0.2, 0.25) is 5.91 Å². The first kappa shape index (κ1) is 15.9. The maximum absolute atomic E-state index is 13.2. The second-order valence-electron chi connectivity index (χ2n) is 5.86. The second-order valence-corrected chi connectivity index (χ2v) is 5.86. The van der Waals surface area contributed by atoms with Gasteiger partial charge in [-0.1, -0.05) is 12.1 Å². The Morgan fingerprint density at radius 2 is 2.24 bits per heavy atom. The summed E-state index contributed by atoms with van der Waals surface area (Å²) in [4.78, 5) is 14.2. The van der Waals surface area contributed by atoms with Gasteiger partial charge in [-0.2, -0.15) is 0 Å². The lowest BCUT2D eigenvalue weighted by Crippen LogP contribution is -2.45. The van der Waals surface area contributed by atoms with Gasteiger partial charge in [-0.15, -0.1) is 0 Å². The van der Waals surface area contributed by atoms with E-state index in [2.05, 4.69) is 29.4 Å². The Kier molecular flexibility index (Phi) is 5.31. The summed E-state index contributed by atoms with van der Waals surface area (Å²) in [6.45, 7) is 5.66. The van der Waals surface area contributed by atoms with Crippen molar-refractivity contribution in [1.82, 2.24) is 15.5 Å². The number of halogens is 1. The van der Waals surface area contributed by atoms with E-state index in [4.69, 9.17) is 0 Å². The molecule has 0 aromatic heterocycles. The summed E-state index contributed by atoms with van der Waals surface area (Å²) in [6.07, 6.45) is 0.785. The van der Waals surface area contributed by atoms with Crippen molar-refractivity contribution < 1.29 is 9.18 Å². The van der Waals surface area contributed by atoms with E-state index in [1.807, 2.05) is 6.07 Å².